The first kappa shape index (κ1) is 16.4. The standard InChI is InChI=1S/C18H19N3O2S/c1-3-13-7-8-14(24-13)9-19-16(22)10-21-11-20-17-12(2)5-4-6-15(17)18(21)23/h4-8,11H,3,9-10H2,1-2H3,(H,19,22). The van der Waals surface area contributed by atoms with Crippen molar-refractivity contribution in [3.63, 3.8) is 0 Å². The van der Waals surface area contributed by atoms with E-state index in [2.05, 4.69) is 23.3 Å². The van der Waals surface area contributed by atoms with E-state index in [-0.39, 0.29) is 18.0 Å². The molecule has 0 saturated heterocycles. The lowest BCUT2D eigenvalue weighted by atomic mass is 10.1. The molecule has 0 unspecified atom stereocenters. The molecule has 0 aliphatic heterocycles. The van der Waals surface area contributed by atoms with Crippen molar-refractivity contribution >= 4 is 28.1 Å². The van der Waals surface area contributed by atoms with E-state index in [1.165, 1.54) is 15.8 Å². The summed E-state index contributed by atoms with van der Waals surface area (Å²) >= 11 is 1.69. The summed E-state index contributed by atoms with van der Waals surface area (Å²) in [6, 6.07) is 9.58. The zero-order valence-corrected chi connectivity index (χ0v) is 14.5. The maximum atomic E-state index is 12.5. The van der Waals surface area contributed by atoms with Gasteiger partial charge in [-0.3, -0.25) is 14.2 Å². The van der Waals surface area contributed by atoms with Crippen LogP contribution in [0.3, 0.4) is 0 Å². The number of hydrogen-bond acceptors (Lipinski definition) is 4. The molecule has 0 aliphatic carbocycles. The molecule has 1 N–H and O–H groups in total. The van der Waals surface area contributed by atoms with Crippen LogP contribution in [0.2, 0.25) is 0 Å². The van der Waals surface area contributed by atoms with Crippen LogP contribution in [0.25, 0.3) is 10.9 Å². The molecule has 2 heterocycles. The Morgan fingerprint density at radius 1 is 1.25 bits per heavy atom. The van der Waals surface area contributed by atoms with E-state index in [1.54, 1.807) is 17.4 Å². The van der Waals surface area contributed by atoms with Crippen LogP contribution in [0.5, 0.6) is 0 Å². The predicted molar refractivity (Wildman–Crippen MR) is 96.3 cm³/mol. The van der Waals surface area contributed by atoms with Crippen LogP contribution >= 0.6 is 11.3 Å². The highest BCUT2D eigenvalue weighted by Gasteiger charge is 2.09. The second kappa shape index (κ2) is 6.97. The minimum absolute atomic E-state index is 0.0261. The molecular formula is C18H19N3O2S. The zero-order chi connectivity index (χ0) is 17.1. The topological polar surface area (TPSA) is 64.0 Å². The van der Waals surface area contributed by atoms with Gasteiger partial charge in [0.15, 0.2) is 0 Å². The van der Waals surface area contributed by atoms with Crippen LogP contribution in [-0.4, -0.2) is 15.5 Å². The minimum Gasteiger partial charge on any atom is -0.350 e. The van der Waals surface area contributed by atoms with Gasteiger partial charge in [0, 0.05) is 9.75 Å². The summed E-state index contributed by atoms with van der Waals surface area (Å²) < 4.78 is 1.35. The molecule has 0 bridgehead atoms. The van der Waals surface area contributed by atoms with E-state index < -0.39 is 0 Å². The minimum atomic E-state index is -0.197. The molecule has 5 nitrogen and oxygen atoms in total. The van der Waals surface area contributed by atoms with Crippen LogP contribution in [0.4, 0.5) is 0 Å². The number of nitrogens with zero attached hydrogens (tertiary/aromatic N) is 2. The second-order valence-electron chi connectivity index (χ2n) is 5.65. The molecule has 1 aromatic carbocycles. The maximum Gasteiger partial charge on any atom is 0.261 e. The third kappa shape index (κ3) is 3.38. The largest absolute Gasteiger partial charge is 0.350 e. The van der Waals surface area contributed by atoms with Gasteiger partial charge in [-0.05, 0) is 37.1 Å². The second-order valence-corrected chi connectivity index (χ2v) is 6.90. The van der Waals surface area contributed by atoms with Crippen LogP contribution < -0.4 is 10.9 Å². The van der Waals surface area contributed by atoms with E-state index >= 15 is 0 Å². The molecular weight excluding hydrogens is 322 g/mol. The molecule has 3 rings (SSSR count). The van der Waals surface area contributed by atoms with Crippen LogP contribution in [0.1, 0.15) is 22.2 Å². The quantitative estimate of drug-likeness (QED) is 0.776. The van der Waals surface area contributed by atoms with Gasteiger partial charge in [0.25, 0.3) is 5.56 Å². The average molecular weight is 341 g/mol. The van der Waals surface area contributed by atoms with Crippen molar-refractivity contribution in [3.05, 3.63) is 62.3 Å². The highest BCUT2D eigenvalue weighted by atomic mass is 32.1. The third-order valence-corrected chi connectivity index (χ3v) is 5.12. The van der Waals surface area contributed by atoms with Crippen molar-refractivity contribution in [1.82, 2.24) is 14.9 Å². The molecule has 1 amide bonds. The van der Waals surface area contributed by atoms with Crippen molar-refractivity contribution in [2.45, 2.75) is 33.4 Å². The van der Waals surface area contributed by atoms with E-state index in [4.69, 9.17) is 0 Å². The molecule has 0 spiro atoms. The Bertz CT molecular complexity index is 943. The Balaban J connectivity index is 1.71. The number of para-hydroxylation sites is 1. The number of amides is 1. The Hall–Kier alpha value is -2.47. The fourth-order valence-corrected chi connectivity index (χ4v) is 3.45. The van der Waals surface area contributed by atoms with Crippen molar-refractivity contribution < 1.29 is 4.79 Å². The maximum absolute atomic E-state index is 12.5. The van der Waals surface area contributed by atoms with Crippen molar-refractivity contribution in [2.75, 3.05) is 0 Å². The monoisotopic (exact) mass is 341 g/mol. The number of fused-ring (bicyclic) bond motifs is 1. The molecule has 6 heteroatoms. The Morgan fingerprint density at radius 2 is 2.04 bits per heavy atom. The van der Waals surface area contributed by atoms with E-state index in [0.29, 0.717) is 17.4 Å². The number of nitrogens with one attached hydrogen (secondary N) is 1. The van der Waals surface area contributed by atoms with Gasteiger partial charge in [0.2, 0.25) is 5.91 Å². The van der Waals surface area contributed by atoms with Gasteiger partial charge >= 0.3 is 0 Å². The molecule has 0 atom stereocenters. The van der Waals surface area contributed by atoms with Crippen molar-refractivity contribution in [1.29, 1.82) is 0 Å². The van der Waals surface area contributed by atoms with Crippen molar-refractivity contribution in [2.24, 2.45) is 0 Å². The summed E-state index contributed by atoms with van der Waals surface area (Å²) in [6.07, 6.45) is 2.44. The Kier molecular flexibility index (Phi) is 4.76. The fourth-order valence-electron chi connectivity index (χ4n) is 2.55. The number of carbonyl (C=O) groups excluding carboxylic acids is 1. The zero-order valence-electron chi connectivity index (χ0n) is 13.7. The Morgan fingerprint density at radius 3 is 2.79 bits per heavy atom. The van der Waals surface area contributed by atoms with Gasteiger partial charge < -0.3 is 5.32 Å². The first-order valence-electron chi connectivity index (χ1n) is 7.87. The molecule has 0 aliphatic rings. The number of thiophene rings is 1. The summed E-state index contributed by atoms with van der Waals surface area (Å²) in [6.45, 7) is 4.48. The smallest absolute Gasteiger partial charge is 0.261 e. The normalized spacial score (nSPS) is 10.9. The van der Waals surface area contributed by atoms with E-state index in [9.17, 15) is 9.59 Å². The van der Waals surface area contributed by atoms with Gasteiger partial charge in [-0.15, -0.1) is 11.3 Å². The lowest BCUT2D eigenvalue weighted by molar-refractivity contribution is -0.121. The highest BCUT2D eigenvalue weighted by molar-refractivity contribution is 7.11. The lowest BCUT2D eigenvalue weighted by Crippen LogP contribution is -2.32. The number of aromatic nitrogens is 2. The van der Waals surface area contributed by atoms with Gasteiger partial charge in [0.05, 0.1) is 23.8 Å². The lowest BCUT2D eigenvalue weighted by Gasteiger charge is -2.08. The fraction of sp³-hybridized carbons (Fsp3) is 0.278. The number of aryl methyl sites for hydroxylation is 2. The SMILES string of the molecule is CCc1ccc(CNC(=O)Cn2cnc3c(C)cccc3c2=O)s1. The third-order valence-electron chi connectivity index (χ3n) is 3.89. The number of rotatable bonds is 5. The summed E-state index contributed by atoms with van der Waals surface area (Å²) in [5.74, 6) is -0.197. The van der Waals surface area contributed by atoms with Crippen LogP contribution in [-0.2, 0) is 24.3 Å². The number of hydrogen-bond donors (Lipinski definition) is 1. The van der Waals surface area contributed by atoms with Crippen molar-refractivity contribution in [3.8, 4) is 0 Å². The first-order valence-corrected chi connectivity index (χ1v) is 8.69. The molecule has 0 fully saturated rings. The Labute approximate surface area is 144 Å². The van der Waals surface area contributed by atoms with Crippen LogP contribution in [0, 0.1) is 6.92 Å². The van der Waals surface area contributed by atoms with Crippen LogP contribution in [0.15, 0.2) is 41.5 Å². The summed E-state index contributed by atoms with van der Waals surface area (Å²) in [7, 11) is 0. The molecule has 124 valence electrons. The van der Waals surface area contributed by atoms with Gasteiger partial charge in [0.1, 0.15) is 6.54 Å². The number of carbonyl (C=O) groups is 1. The van der Waals surface area contributed by atoms with Gasteiger partial charge in [-0.2, -0.15) is 0 Å². The molecule has 0 saturated carbocycles. The summed E-state index contributed by atoms with van der Waals surface area (Å²) in [5, 5.41) is 3.39. The van der Waals surface area contributed by atoms with E-state index in [0.717, 1.165) is 16.9 Å². The summed E-state index contributed by atoms with van der Waals surface area (Å²) in [4.78, 5) is 31.3. The van der Waals surface area contributed by atoms with Gasteiger partial charge in [-0.25, -0.2) is 4.98 Å². The molecule has 2 aromatic heterocycles. The van der Waals surface area contributed by atoms with E-state index in [1.807, 2.05) is 25.1 Å². The highest BCUT2D eigenvalue weighted by Crippen LogP contribution is 2.16. The molecule has 0 radical (unpaired) electrons. The molecule has 24 heavy (non-hydrogen) atoms. The number of benzene rings is 1. The summed E-state index contributed by atoms with van der Waals surface area (Å²) in [5.41, 5.74) is 1.44. The first-order chi connectivity index (χ1) is 11.6. The van der Waals surface area contributed by atoms with Gasteiger partial charge in [-0.1, -0.05) is 19.1 Å². The predicted octanol–water partition coefficient (Wildman–Crippen LogP) is 2.65. The average Bonchev–Trinajstić information content (AvgIpc) is 3.04. The molecule has 3 aromatic rings.